The zero-order chi connectivity index (χ0) is 12.3. The van der Waals surface area contributed by atoms with Crippen LogP contribution in [0.3, 0.4) is 0 Å². The molecule has 6 heteroatoms. The fourth-order valence-electron chi connectivity index (χ4n) is 1.01. The molecule has 0 atom stereocenters. The van der Waals surface area contributed by atoms with E-state index < -0.39 is 16.4 Å². The lowest BCUT2D eigenvalue weighted by Gasteiger charge is -2.17. The largest absolute Gasteiger partial charge is 0.358 e. The summed E-state index contributed by atoms with van der Waals surface area (Å²) in [7, 11) is 0. The zero-order valence-corrected chi connectivity index (χ0v) is 8.90. The Bertz CT molecular complexity index is 468. The highest BCUT2D eigenvalue weighted by atomic mass is 16.6. The van der Waals surface area contributed by atoms with Crippen LogP contribution in [0.5, 0.6) is 0 Å². The summed E-state index contributed by atoms with van der Waals surface area (Å²) in [5.41, 5.74) is -0.688. The fourth-order valence-corrected chi connectivity index (χ4v) is 1.01. The van der Waals surface area contributed by atoms with Gasteiger partial charge in [-0.3, -0.25) is 4.79 Å². The number of nitrogens with one attached hydrogen (secondary N) is 2. The number of rotatable bonds is 3. The van der Waals surface area contributed by atoms with E-state index in [2.05, 4.69) is 16.2 Å². The smallest absolute Gasteiger partial charge is 0.321 e. The molecule has 1 aromatic rings. The number of terminal acetylenes is 1. The highest BCUT2D eigenvalue weighted by Gasteiger charge is 2.21. The monoisotopic (exact) mass is 221 g/mol. The van der Waals surface area contributed by atoms with Crippen LogP contribution in [0.25, 0.3) is 0 Å². The first-order chi connectivity index (χ1) is 7.35. The van der Waals surface area contributed by atoms with Crippen LogP contribution < -0.4 is 5.32 Å². The Morgan fingerprint density at radius 3 is 2.69 bits per heavy atom. The molecule has 0 saturated carbocycles. The van der Waals surface area contributed by atoms with Crippen LogP contribution in [0.2, 0.25) is 0 Å². The van der Waals surface area contributed by atoms with E-state index in [9.17, 15) is 14.9 Å². The third-order valence-electron chi connectivity index (χ3n) is 1.90. The Morgan fingerprint density at radius 1 is 1.62 bits per heavy atom. The van der Waals surface area contributed by atoms with Gasteiger partial charge in [-0.25, -0.2) is 4.98 Å². The molecule has 84 valence electrons. The molecule has 6 nitrogen and oxygen atoms in total. The van der Waals surface area contributed by atoms with Gasteiger partial charge in [0.2, 0.25) is 0 Å². The Kier molecular flexibility index (Phi) is 2.99. The van der Waals surface area contributed by atoms with Crippen molar-refractivity contribution in [2.24, 2.45) is 0 Å². The second kappa shape index (κ2) is 4.06. The van der Waals surface area contributed by atoms with Gasteiger partial charge in [-0.15, -0.1) is 6.42 Å². The molecule has 0 fully saturated rings. The van der Waals surface area contributed by atoms with E-state index in [0.29, 0.717) is 0 Å². The van der Waals surface area contributed by atoms with Crippen molar-refractivity contribution in [3.63, 3.8) is 0 Å². The van der Waals surface area contributed by atoms with Gasteiger partial charge in [-0.1, -0.05) is 5.92 Å². The van der Waals surface area contributed by atoms with Crippen LogP contribution in [0.1, 0.15) is 24.3 Å². The number of hydrogen-bond donors (Lipinski definition) is 2. The van der Waals surface area contributed by atoms with Crippen LogP contribution in [-0.4, -0.2) is 21.4 Å². The first kappa shape index (κ1) is 11.8. The molecule has 1 rings (SSSR count). The average molecular weight is 221 g/mol. The number of nitrogens with zero attached hydrogens (tertiary/aromatic N) is 1. The van der Waals surface area contributed by atoms with Gasteiger partial charge in [-0.05, 0) is 24.8 Å². The van der Waals surface area contributed by atoms with Crippen molar-refractivity contribution in [2.75, 3.05) is 0 Å². The van der Waals surface area contributed by atoms with Gasteiger partial charge in [0.25, 0.3) is 5.91 Å². The summed E-state index contributed by atoms with van der Waals surface area (Å²) in [6, 6.07) is 2.55. The SMILES string of the molecule is C#CC(C)(C)NC(=O)c1ccc([N+](=O)[O-])[nH]1. The van der Waals surface area contributed by atoms with Gasteiger partial charge in [0.15, 0.2) is 5.69 Å². The quantitative estimate of drug-likeness (QED) is 0.454. The third-order valence-corrected chi connectivity index (χ3v) is 1.90. The third kappa shape index (κ3) is 2.60. The number of aromatic nitrogens is 1. The summed E-state index contributed by atoms with van der Waals surface area (Å²) in [5, 5.41) is 12.9. The molecule has 0 bridgehead atoms. The van der Waals surface area contributed by atoms with Crippen LogP contribution in [-0.2, 0) is 0 Å². The van der Waals surface area contributed by atoms with Crippen molar-refractivity contribution < 1.29 is 9.72 Å². The molecule has 1 aromatic heterocycles. The molecule has 0 aliphatic rings. The number of carbonyl (C=O) groups excluding carboxylic acids is 1. The molecule has 1 heterocycles. The first-order valence-corrected chi connectivity index (χ1v) is 4.49. The summed E-state index contributed by atoms with van der Waals surface area (Å²) in [6.45, 7) is 3.31. The normalized spacial score (nSPS) is 10.6. The Hall–Kier alpha value is -2.29. The van der Waals surface area contributed by atoms with E-state index in [-0.39, 0.29) is 11.5 Å². The van der Waals surface area contributed by atoms with Crippen LogP contribution >= 0.6 is 0 Å². The lowest BCUT2D eigenvalue weighted by molar-refractivity contribution is -0.389. The van der Waals surface area contributed by atoms with E-state index in [1.165, 1.54) is 12.1 Å². The van der Waals surface area contributed by atoms with Gasteiger partial charge in [0.1, 0.15) is 0 Å². The van der Waals surface area contributed by atoms with Gasteiger partial charge in [0, 0.05) is 6.07 Å². The predicted octanol–water partition coefficient (Wildman–Crippen LogP) is 1.06. The molecular formula is C10H11N3O3. The molecule has 0 aromatic carbocycles. The second-order valence-electron chi connectivity index (χ2n) is 3.74. The molecular weight excluding hydrogens is 210 g/mol. The molecule has 0 radical (unpaired) electrons. The highest BCUT2D eigenvalue weighted by Crippen LogP contribution is 2.10. The van der Waals surface area contributed by atoms with Gasteiger partial charge >= 0.3 is 5.82 Å². The minimum atomic E-state index is -0.795. The Labute approximate surface area is 92.2 Å². The van der Waals surface area contributed by atoms with Crippen LogP contribution in [0, 0.1) is 22.5 Å². The lowest BCUT2D eigenvalue weighted by atomic mass is 10.1. The second-order valence-corrected chi connectivity index (χ2v) is 3.74. The van der Waals surface area contributed by atoms with E-state index in [4.69, 9.17) is 6.42 Å². The molecule has 1 amide bonds. The first-order valence-electron chi connectivity index (χ1n) is 4.49. The van der Waals surface area contributed by atoms with Crippen molar-refractivity contribution in [3.05, 3.63) is 27.9 Å². The number of amides is 1. The summed E-state index contributed by atoms with van der Waals surface area (Å²) in [5.74, 6) is 1.68. The number of nitro groups is 1. The average Bonchev–Trinajstić information content (AvgIpc) is 2.66. The van der Waals surface area contributed by atoms with Crippen molar-refractivity contribution >= 4 is 11.7 Å². The van der Waals surface area contributed by atoms with E-state index >= 15 is 0 Å². The highest BCUT2D eigenvalue weighted by molar-refractivity contribution is 5.93. The van der Waals surface area contributed by atoms with Crippen LogP contribution in [0.4, 0.5) is 5.82 Å². The maximum atomic E-state index is 11.6. The maximum Gasteiger partial charge on any atom is 0.321 e. The number of H-pyrrole nitrogens is 1. The number of aromatic amines is 1. The summed E-state index contributed by atoms with van der Waals surface area (Å²) in [4.78, 5) is 23.8. The summed E-state index contributed by atoms with van der Waals surface area (Å²) in [6.07, 6.45) is 5.20. The molecule has 16 heavy (non-hydrogen) atoms. The van der Waals surface area contributed by atoms with Crippen molar-refractivity contribution in [2.45, 2.75) is 19.4 Å². The van der Waals surface area contributed by atoms with Crippen LogP contribution in [0.15, 0.2) is 12.1 Å². The molecule has 0 aliphatic carbocycles. The molecule has 0 saturated heterocycles. The Morgan fingerprint density at radius 2 is 2.25 bits per heavy atom. The zero-order valence-electron chi connectivity index (χ0n) is 8.90. The van der Waals surface area contributed by atoms with E-state index in [0.717, 1.165) is 0 Å². The fraction of sp³-hybridized carbons (Fsp3) is 0.300. The summed E-state index contributed by atoms with van der Waals surface area (Å²) >= 11 is 0. The van der Waals surface area contributed by atoms with E-state index in [1.807, 2.05) is 0 Å². The molecule has 0 aliphatic heterocycles. The van der Waals surface area contributed by atoms with Crippen molar-refractivity contribution in [3.8, 4) is 12.3 Å². The van der Waals surface area contributed by atoms with Crippen molar-refractivity contribution in [1.29, 1.82) is 0 Å². The van der Waals surface area contributed by atoms with Gasteiger partial charge in [0.05, 0.1) is 5.54 Å². The maximum absolute atomic E-state index is 11.6. The lowest BCUT2D eigenvalue weighted by Crippen LogP contribution is -2.42. The van der Waals surface area contributed by atoms with Gasteiger partial charge < -0.3 is 15.4 Å². The molecule has 2 N–H and O–H groups in total. The minimum absolute atomic E-state index is 0.107. The van der Waals surface area contributed by atoms with Gasteiger partial charge in [-0.2, -0.15) is 0 Å². The predicted molar refractivity (Wildman–Crippen MR) is 57.8 cm³/mol. The minimum Gasteiger partial charge on any atom is -0.358 e. The molecule has 0 spiro atoms. The topological polar surface area (TPSA) is 88.0 Å². The standard InChI is InChI=1S/C10H11N3O3/c1-4-10(2,3)12-9(14)7-5-6-8(11-7)13(15)16/h1,5-6,11H,2-3H3,(H,12,14). The van der Waals surface area contributed by atoms with E-state index in [1.54, 1.807) is 13.8 Å². The molecule has 0 unspecified atom stereocenters. The number of carbonyl (C=O) groups is 1. The summed E-state index contributed by atoms with van der Waals surface area (Å²) < 4.78 is 0. The van der Waals surface area contributed by atoms with Crippen molar-refractivity contribution in [1.82, 2.24) is 10.3 Å². The number of hydrogen-bond acceptors (Lipinski definition) is 3. The Balaban J connectivity index is 2.82.